The Morgan fingerprint density at radius 1 is 0.821 bits per heavy atom. The lowest BCUT2D eigenvalue weighted by molar-refractivity contribution is 0.415. The van der Waals surface area contributed by atoms with Crippen LogP contribution in [0.2, 0.25) is 0 Å². The molecule has 28 heavy (non-hydrogen) atoms. The number of aromatic nitrogens is 3. The summed E-state index contributed by atoms with van der Waals surface area (Å²) in [4.78, 5) is 23.4. The van der Waals surface area contributed by atoms with E-state index in [0.717, 1.165) is 38.8 Å². The first-order valence-electron chi connectivity index (χ1n) is 8.98. The third kappa shape index (κ3) is 2.74. The molecule has 0 amide bonds. The zero-order chi connectivity index (χ0) is 19.1. The second-order valence-electron chi connectivity index (χ2n) is 6.65. The lowest BCUT2D eigenvalue weighted by Gasteiger charge is -2.07. The van der Waals surface area contributed by atoms with Crippen LogP contribution in [0.5, 0.6) is 5.75 Å². The molecular formula is C23H17N3O2. The van der Waals surface area contributed by atoms with Crippen molar-refractivity contribution in [1.82, 2.24) is 15.0 Å². The van der Waals surface area contributed by atoms with Crippen molar-refractivity contribution in [3.63, 3.8) is 0 Å². The standard InChI is InChI=1S/C23H17N3O2/c1-28-17-9-6-14(7-10-17)15-8-11-19-16(12-15)13-18(23(27)26-19)22-24-20-4-2-3-5-21(20)25-22/h2-13H,1H3,(H,24,25)(H,26,27). The molecule has 0 unspecified atom stereocenters. The van der Waals surface area contributed by atoms with Crippen LogP contribution in [-0.2, 0) is 0 Å². The molecule has 0 saturated heterocycles. The number of fused-ring (bicyclic) bond motifs is 2. The van der Waals surface area contributed by atoms with Crippen LogP contribution in [0.3, 0.4) is 0 Å². The van der Waals surface area contributed by atoms with E-state index in [0.29, 0.717) is 11.4 Å². The molecule has 136 valence electrons. The van der Waals surface area contributed by atoms with E-state index in [9.17, 15) is 4.79 Å². The van der Waals surface area contributed by atoms with Crippen molar-refractivity contribution in [3.8, 4) is 28.3 Å². The van der Waals surface area contributed by atoms with E-state index < -0.39 is 0 Å². The average molecular weight is 367 g/mol. The number of imidazole rings is 1. The molecule has 0 atom stereocenters. The third-order valence-corrected chi connectivity index (χ3v) is 4.91. The first-order valence-corrected chi connectivity index (χ1v) is 8.98. The fourth-order valence-electron chi connectivity index (χ4n) is 3.43. The summed E-state index contributed by atoms with van der Waals surface area (Å²) in [6.45, 7) is 0. The van der Waals surface area contributed by atoms with E-state index in [2.05, 4.69) is 21.0 Å². The molecular weight excluding hydrogens is 350 g/mol. The van der Waals surface area contributed by atoms with Crippen LogP contribution >= 0.6 is 0 Å². The van der Waals surface area contributed by atoms with Crippen LogP contribution < -0.4 is 10.3 Å². The van der Waals surface area contributed by atoms with Gasteiger partial charge in [-0.25, -0.2) is 4.98 Å². The largest absolute Gasteiger partial charge is 0.497 e. The Balaban J connectivity index is 1.64. The van der Waals surface area contributed by atoms with E-state index in [1.165, 1.54) is 0 Å². The van der Waals surface area contributed by atoms with Crippen molar-refractivity contribution < 1.29 is 4.74 Å². The van der Waals surface area contributed by atoms with E-state index in [1.807, 2.05) is 66.7 Å². The van der Waals surface area contributed by atoms with Crippen molar-refractivity contribution in [3.05, 3.63) is 83.2 Å². The number of rotatable bonds is 3. The number of benzene rings is 3. The average Bonchev–Trinajstić information content (AvgIpc) is 3.17. The molecule has 3 aromatic carbocycles. The zero-order valence-corrected chi connectivity index (χ0v) is 15.2. The Labute approximate surface area is 160 Å². The normalized spacial score (nSPS) is 11.2. The molecule has 5 aromatic rings. The molecule has 0 spiro atoms. The van der Waals surface area contributed by atoms with Gasteiger partial charge in [-0.05, 0) is 59.0 Å². The molecule has 5 heteroatoms. The summed E-state index contributed by atoms with van der Waals surface area (Å²) in [5, 5.41) is 0.948. The van der Waals surface area contributed by atoms with Gasteiger partial charge in [-0.2, -0.15) is 0 Å². The summed E-state index contributed by atoms with van der Waals surface area (Å²) < 4.78 is 5.23. The Kier molecular flexibility index (Phi) is 3.72. The number of methoxy groups -OCH3 is 1. The minimum absolute atomic E-state index is 0.163. The van der Waals surface area contributed by atoms with Gasteiger partial charge in [-0.3, -0.25) is 4.79 Å². The van der Waals surface area contributed by atoms with Gasteiger partial charge in [0, 0.05) is 5.52 Å². The fourth-order valence-corrected chi connectivity index (χ4v) is 3.43. The number of ether oxygens (including phenoxy) is 1. The van der Waals surface area contributed by atoms with Crippen LogP contribution in [0.15, 0.2) is 77.6 Å². The minimum Gasteiger partial charge on any atom is -0.497 e. The smallest absolute Gasteiger partial charge is 0.259 e. The third-order valence-electron chi connectivity index (χ3n) is 4.91. The van der Waals surface area contributed by atoms with E-state index >= 15 is 0 Å². The highest BCUT2D eigenvalue weighted by Gasteiger charge is 2.11. The van der Waals surface area contributed by atoms with Crippen LogP contribution in [0.25, 0.3) is 44.5 Å². The van der Waals surface area contributed by atoms with Crippen LogP contribution in [-0.4, -0.2) is 22.1 Å². The first kappa shape index (κ1) is 16.3. The molecule has 2 aromatic heterocycles. The number of hydrogen-bond acceptors (Lipinski definition) is 3. The number of pyridine rings is 1. The van der Waals surface area contributed by atoms with Gasteiger partial charge in [0.1, 0.15) is 11.6 Å². The lowest BCUT2D eigenvalue weighted by Crippen LogP contribution is -2.09. The summed E-state index contributed by atoms with van der Waals surface area (Å²) in [7, 11) is 1.65. The van der Waals surface area contributed by atoms with E-state index in [-0.39, 0.29) is 5.56 Å². The van der Waals surface area contributed by atoms with E-state index in [1.54, 1.807) is 7.11 Å². The predicted octanol–water partition coefficient (Wildman–Crippen LogP) is 4.75. The van der Waals surface area contributed by atoms with Gasteiger partial charge in [0.25, 0.3) is 5.56 Å². The van der Waals surface area contributed by atoms with Gasteiger partial charge >= 0.3 is 0 Å². The van der Waals surface area contributed by atoms with Crippen molar-refractivity contribution in [2.24, 2.45) is 0 Å². The van der Waals surface area contributed by atoms with Crippen LogP contribution in [0.1, 0.15) is 0 Å². The van der Waals surface area contributed by atoms with E-state index in [4.69, 9.17) is 4.74 Å². The number of para-hydroxylation sites is 2. The Bertz CT molecular complexity index is 1330. The lowest BCUT2D eigenvalue weighted by atomic mass is 10.0. The number of H-pyrrole nitrogens is 2. The molecule has 2 N–H and O–H groups in total. The van der Waals surface area contributed by atoms with Crippen molar-refractivity contribution in [2.45, 2.75) is 0 Å². The zero-order valence-electron chi connectivity index (χ0n) is 15.2. The van der Waals surface area contributed by atoms with Crippen molar-refractivity contribution in [2.75, 3.05) is 7.11 Å². The quantitative estimate of drug-likeness (QED) is 0.483. The van der Waals surface area contributed by atoms with Gasteiger partial charge in [-0.15, -0.1) is 0 Å². The SMILES string of the molecule is COc1ccc(-c2ccc3[nH]c(=O)c(-c4nc5ccccc5[nH]4)cc3c2)cc1. The molecule has 0 radical (unpaired) electrons. The van der Waals surface area contributed by atoms with Gasteiger partial charge < -0.3 is 14.7 Å². The maximum absolute atomic E-state index is 12.6. The maximum atomic E-state index is 12.6. The summed E-state index contributed by atoms with van der Waals surface area (Å²) in [6.07, 6.45) is 0. The number of nitrogens with one attached hydrogen (secondary N) is 2. The fraction of sp³-hybridized carbons (Fsp3) is 0.0435. The molecule has 5 rings (SSSR count). The van der Waals surface area contributed by atoms with Crippen molar-refractivity contribution >= 4 is 21.9 Å². The number of hydrogen-bond donors (Lipinski definition) is 2. The van der Waals surface area contributed by atoms with Crippen LogP contribution in [0.4, 0.5) is 0 Å². The molecule has 0 fully saturated rings. The van der Waals surface area contributed by atoms with Gasteiger partial charge in [0.15, 0.2) is 0 Å². The molecule has 0 aliphatic carbocycles. The summed E-state index contributed by atoms with van der Waals surface area (Å²) in [6, 6.07) is 23.5. The molecule has 0 bridgehead atoms. The molecule has 5 nitrogen and oxygen atoms in total. The van der Waals surface area contributed by atoms with Crippen molar-refractivity contribution in [1.29, 1.82) is 0 Å². The molecule has 2 heterocycles. The predicted molar refractivity (Wildman–Crippen MR) is 112 cm³/mol. The highest BCUT2D eigenvalue weighted by atomic mass is 16.5. The van der Waals surface area contributed by atoms with Crippen LogP contribution in [0, 0.1) is 0 Å². The highest BCUT2D eigenvalue weighted by Crippen LogP contribution is 2.27. The first-order chi connectivity index (χ1) is 13.7. The molecule has 0 aliphatic rings. The number of nitrogens with zero attached hydrogens (tertiary/aromatic N) is 1. The Morgan fingerprint density at radius 2 is 1.61 bits per heavy atom. The Morgan fingerprint density at radius 3 is 2.39 bits per heavy atom. The molecule has 0 saturated carbocycles. The topological polar surface area (TPSA) is 70.8 Å². The van der Waals surface area contributed by atoms with Gasteiger partial charge in [0.05, 0.1) is 23.7 Å². The molecule has 0 aliphatic heterocycles. The summed E-state index contributed by atoms with van der Waals surface area (Å²) in [5.41, 5.74) is 5.05. The van der Waals surface area contributed by atoms with Gasteiger partial charge in [-0.1, -0.05) is 30.3 Å². The maximum Gasteiger partial charge on any atom is 0.259 e. The number of aromatic amines is 2. The second-order valence-corrected chi connectivity index (χ2v) is 6.65. The summed E-state index contributed by atoms with van der Waals surface area (Å²) >= 11 is 0. The minimum atomic E-state index is -0.163. The van der Waals surface area contributed by atoms with Gasteiger partial charge in [0.2, 0.25) is 0 Å². The highest BCUT2D eigenvalue weighted by molar-refractivity contribution is 5.88. The second kappa shape index (κ2) is 6.39. The Hall–Kier alpha value is -3.86. The summed E-state index contributed by atoms with van der Waals surface area (Å²) in [5.74, 6) is 1.39. The monoisotopic (exact) mass is 367 g/mol.